The minimum absolute atomic E-state index is 0.0480. The fourth-order valence-electron chi connectivity index (χ4n) is 6.82. The van der Waals surface area contributed by atoms with Gasteiger partial charge in [0, 0.05) is 0 Å². The van der Waals surface area contributed by atoms with Gasteiger partial charge >= 0.3 is 291 Å². The maximum absolute atomic E-state index is 11.9. The molecule has 1 heterocycles. The Hall–Kier alpha value is -0.377. The molecule has 0 amide bonds. The third-order valence-electron chi connectivity index (χ3n) is 11.0. The summed E-state index contributed by atoms with van der Waals surface area (Å²) in [6, 6.07) is 9.37. The Morgan fingerprint density at radius 3 is 1.27 bits per heavy atom. The predicted octanol–water partition coefficient (Wildman–Crippen LogP) is 12.3. The van der Waals surface area contributed by atoms with Gasteiger partial charge in [0.15, 0.2) is 0 Å². The van der Waals surface area contributed by atoms with Crippen molar-refractivity contribution in [3.05, 3.63) is 57.6 Å². The van der Waals surface area contributed by atoms with Crippen LogP contribution in [0.2, 0.25) is 0 Å². The molecule has 1 fully saturated rings. The number of hydrogen-bond acceptors (Lipinski definition) is 2. The monoisotopic (exact) mass is 730 g/mol. The van der Waals surface area contributed by atoms with E-state index in [1.165, 1.54) is 60.8 Å². The molecule has 4 rings (SSSR count). The molecule has 0 spiro atoms. The quantitative estimate of drug-likeness (QED) is 0.284. The van der Waals surface area contributed by atoms with Gasteiger partial charge in [0.1, 0.15) is 0 Å². The van der Waals surface area contributed by atoms with Gasteiger partial charge in [-0.1, -0.05) is 0 Å². The molecule has 0 saturated heterocycles. The third kappa shape index (κ3) is 8.44. The molecule has 0 radical (unpaired) electrons. The Kier molecular flexibility index (Phi) is 11.8. The van der Waals surface area contributed by atoms with E-state index in [9.17, 15) is 10.2 Å². The second kappa shape index (κ2) is 14.2. The van der Waals surface area contributed by atoms with Crippen LogP contribution in [0.15, 0.2) is 24.3 Å². The fourth-order valence-corrected chi connectivity index (χ4v) is 35.7. The first-order chi connectivity index (χ1) is 20.8. The van der Waals surface area contributed by atoms with Crippen LogP contribution in [0.5, 0.6) is 11.5 Å². The Bertz CT molecular complexity index is 1360. The van der Waals surface area contributed by atoms with Crippen molar-refractivity contribution >= 4 is 14.2 Å². The number of rotatable bonds is 8. The minimum atomic E-state index is -0.791. The number of hydrogen-bond donors (Lipinski definition) is 2. The van der Waals surface area contributed by atoms with Crippen LogP contribution in [0.3, 0.4) is 0 Å². The average Bonchev–Trinajstić information content (AvgIpc) is 3.23. The number of fused-ring (bicyclic) bond motifs is 1. The van der Waals surface area contributed by atoms with Gasteiger partial charge in [-0.25, -0.2) is 0 Å². The van der Waals surface area contributed by atoms with Crippen LogP contribution < -0.4 is 0 Å². The van der Waals surface area contributed by atoms with Gasteiger partial charge < -0.3 is 0 Å². The first-order valence-electron chi connectivity index (χ1n) is 17.7. The molecule has 0 aromatic heterocycles. The maximum atomic E-state index is 11.9. The molecule has 2 nitrogen and oxygen atoms in total. The third-order valence-corrected chi connectivity index (χ3v) is 32.8. The zero-order valence-electron chi connectivity index (χ0n) is 30.7. The van der Waals surface area contributed by atoms with E-state index in [1.54, 1.807) is 0 Å². The summed E-state index contributed by atoms with van der Waals surface area (Å²) in [5.41, 5.74) is 7.45. The number of benzene rings is 2. The van der Waals surface area contributed by atoms with Crippen LogP contribution in [-0.4, -0.2) is 20.7 Å². The number of phenols is 2. The first kappa shape index (κ1) is 37.4. The summed E-state index contributed by atoms with van der Waals surface area (Å²) in [5.74, 6) is 3.30. The van der Waals surface area contributed by atoms with E-state index in [-0.39, 0.29) is 21.7 Å². The van der Waals surface area contributed by atoms with Crippen LogP contribution >= 0.6 is 14.2 Å². The topological polar surface area (TPSA) is 40.5 Å². The fraction of sp³-hybridized carbons (Fsp3) is 0.700. The molecule has 3 unspecified atom stereocenters. The van der Waals surface area contributed by atoms with Crippen LogP contribution in [0.1, 0.15) is 168 Å². The van der Waals surface area contributed by atoms with Gasteiger partial charge in [-0.15, -0.1) is 0 Å². The van der Waals surface area contributed by atoms with Crippen molar-refractivity contribution in [3.8, 4) is 11.5 Å². The molecule has 2 N–H and O–H groups in total. The standard InChI is InChI=1S/C40H64O2S2.Zr/c1-13-39(9,10)31-23-29(37(3,4)5)21-27(35(31)41)25-43-33-19-17-15-16-18-20-34(33)44-26-28-22-30(38(6,7)8)24-32(36(28)42)40(11,12)14-2;/h21-24,33-34,41-42H,13-20,25-26H2,1-12H3;/t33-,34?;/m0./s1. The summed E-state index contributed by atoms with van der Waals surface area (Å²) < 4.78 is 0. The molecule has 0 bridgehead atoms. The zero-order valence-corrected chi connectivity index (χ0v) is 34.8. The Morgan fingerprint density at radius 1 is 0.600 bits per heavy atom. The van der Waals surface area contributed by atoms with E-state index in [0.29, 0.717) is 25.7 Å². The van der Waals surface area contributed by atoms with E-state index >= 15 is 0 Å². The number of aromatic hydroxyl groups is 2. The normalized spacial score (nSPS) is 23.1. The second-order valence-electron chi connectivity index (χ2n) is 17.3. The number of phenolic OH excluding ortho intramolecular Hbond substituents is 2. The van der Waals surface area contributed by atoms with Crippen LogP contribution in [-0.2, 0) is 52.3 Å². The molecule has 2 aromatic carbocycles. The summed E-state index contributed by atoms with van der Waals surface area (Å²) >= 11 is -0.791. The zero-order chi connectivity index (χ0) is 33.5. The molecule has 252 valence electrons. The summed E-state index contributed by atoms with van der Waals surface area (Å²) in [5, 5.41) is 25.4. The summed E-state index contributed by atoms with van der Waals surface area (Å²) in [6.45, 7) is 27.6. The van der Waals surface area contributed by atoms with Crippen LogP contribution in [0.25, 0.3) is 0 Å². The van der Waals surface area contributed by atoms with E-state index in [1.807, 2.05) is 0 Å². The van der Waals surface area contributed by atoms with Crippen molar-refractivity contribution in [1.82, 2.24) is 0 Å². The molecule has 1 aliphatic carbocycles. The van der Waals surface area contributed by atoms with Gasteiger partial charge in [-0.2, -0.15) is 0 Å². The van der Waals surface area contributed by atoms with Crippen molar-refractivity contribution in [2.75, 3.05) is 0 Å². The van der Waals surface area contributed by atoms with Crippen molar-refractivity contribution < 1.29 is 29.4 Å². The average molecular weight is 732 g/mol. The van der Waals surface area contributed by atoms with Crippen molar-refractivity contribution in [1.29, 1.82) is 0 Å². The molecule has 1 saturated carbocycles. The molecular weight excluding hydrogens is 668 g/mol. The van der Waals surface area contributed by atoms with Gasteiger partial charge in [0.05, 0.1) is 0 Å². The summed E-state index contributed by atoms with van der Waals surface area (Å²) in [6.07, 6.45) is 10.2. The van der Waals surface area contributed by atoms with Crippen molar-refractivity contribution in [2.45, 2.75) is 178 Å². The van der Waals surface area contributed by atoms with Crippen molar-refractivity contribution in [2.24, 2.45) is 0 Å². The molecule has 45 heavy (non-hydrogen) atoms. The Labute approximate surface area is 288 Å². The van der Waals surface area contributed by atoms with E-state index in [0.717, 1.165) is 46.0 Å². The van der Waals surface area contributed by atoms with Crippen LogP contribution in [0, 0.1) is 0 Å². The van der Waals surface area contributed by atoms with E-state index in [2.05, 4.69) is 107 Å². The van der Waals surface area contributed by atoms with E-state index < -0.39 is 19.2 Å². The molecule has 5 heteroatoms. The Morgan fingerprint density at radius 2 is 0.956 bits per heavy atom. The molecular formula is C40H64O2S2Zr. The van der Waals surface area contributed by atoms with Crippen LogP contribution in [0.4, 0.5) is 0 Å². The summed E-state index contributed by atoms with van der Waals surface area (Å²) in [7, 11) is 0.776. The van der Waals surface area contributed by atoms with Gasteiger partial charge in [0.25, 0.3) is 0 Å². The molecule has 2 aromatic rings. The predicted molar refractivity (Wildman–Crippen MR) is 198 cm³/mol. The van der Waals surface area contributed by atoms with Gasteiger partial charge in [-0.05, 0) is 0 Å². The summed E-state index contributed by atoms with van der Waals surface area (Å²) in [4.78, 5) is 0. The van der Waals surface area contributed by atoms with Crippen molar-refractivity contribution in [3.63, 3.8) is 0 Å². The van der Waals surface area contributed by atoms with Gasteiger partial charge in [-0.3, -0.25) is 0 Å². The first-order valence-corrected chi connectivity index (χ1v) is 26.6. The SMILES string of the molecule is CCC(C)(C)c1cc(C(C)(C)C)cc(C[S]2=[Zr]=[S](Cc3cc(C(C)(C)C)cc(C(C)(C)CC)c3O)[C@H]3CCCCCCC32)c1O. The Balaban J connectivity index is 1.87. The van der Waals surface area contributed by atoms with Gasteiger partial charge in [0.2, 0.25) is 0 Å². The molecule has 2 aliphatic rings. The van der Waals surface area contributed by atoms with E-state index in [4.69, 9.17) is 0 Å². The second-order valence-corrected chi connectivity index (χ2v) is 32.9. The molecule has 1 aliphatic heterocycles. The molecule has 4 atom stereocenters.